The molecular weight excluding hydrogens is 206 g/mol. The molecule has 1 heterocycles. The molecule has 0 spiro atoms. The summed E-state index contributed by atoms with van der Waals surface area (Å²) in [5.41, 5.74) is 0.329. The van der Waals surface area contributed by atoms with Crippen LogP contribution in [-0.2, 0) is 6.54 Å². The average Bonchev–Trinajstić information content (AvgIpc) is 2.20. The van der Waals surface area contributed by atoms with E-state index in [9.17, 15) is 9.59 Å². The Labute approximate surface area is 94.5 Å². The van der Waals surface area contributed by atoms with E-state index in [1.54, 1.807) is 10.6 Å². The maximum absolute atomic E-state index is 11.9. The van der Waals surface area contributed by atoms with Gasteiger partial charge in [0.25, 0.3) is 5.56 Å². The highest BCUT2D eigenvalue weighted by molar-refractivity contribution is 5.87. The molecule has 0 amide bonds. The van der Waals surface area contributed by atoms with Gasteiger partial charge in [0.2, 0.25) is 0 Å². The monoisotopic (exact) mass is 223 g/mol. The maximum atomic E-state index is 11.9. The van der Waals surface area contributed by atoms with Crippen LogP contribution in [0.25, 0.3) is 0 Å². The Balaban J connectivity index is 3.42. The zero-order chi connectivity index (χ0) is 12.3. The van der Waals surface area contributed by atoms with E-state index in [2.05, 4.69) is 0 Å². The summed E-state index contributed by atoms with van der Waals surface area (Å²) >= 11 is 0. The topological polar surface area (TPSA) is 59.3 Å². The third kappa shape index (κ3) is 2.32. The fraction of sp³-hybridized carbons (Fsp3) is 0.500. The zero-order valence-corrected chi connectivity index (χ0v) is 9.86. The lowest BCUT2D eigenvalue weighted by Crippen LogP contribution is -2.29. The molecule has 0 saturated heterocycles. The Kier molecular flexibility index (Phi) is 3.88. The van der Waals surface area contributed by atoms with Crippen molar-refractivity contribution in [1.29, 1.82) is 0 Å². The maximum Gasteiger partial charge on any atom is 0.341 e. The number of hydrogen-bond donors (Lipinski definition) is 1. The van der Waals surface area contributed by atoms with Crippen molar-refractivity contribution in [3.63, 3.8) is 0 Å². The van der Waals surface area contributed by atoms with Gasteiger partial charge in [0.05, 0.1) is 0 Å². The fourth-order valence-corrected chi connectivity index (χ4v) is 1.71. The van der Waals surface area contributed by atoms with E-state index in [4.69, 9.17) is 5.11 Å². The molecule has 88 valence electrons. The van der Waals surface area contributed by atoms with Crippen LogP contribution in [0.15, 0.2) is 16.9 Å². The predicted molar refractivity (Wildman–Crippen MR) is 62.0 cm³/mol. The van der Waals surface area contributed by atoms with Crippen LogP contribution in [0.4, 0.5) is 0 Å². The van der Waals surface area contributed by atoms with Gasteiger partial charge in [-0.15, -0.1) is 0 Å². The summed E-state index contributed by atoms with van der Waals surface area (Å²) in [5.74, 6) is -0.952. The first-order valence-corrected chi connectivity index (χ1v) is 5.46. The largest absolute Gasteiger partial charge is 0.477 e. The van der Waals surface area contributed by atoms with Gasteiger partial charge < -0.3 is 9.67 Å². The molecule has 4 nitrogen and oxygen atoms in total. The van der Waals surface area contributed by atoms with E-state index in [0.717, 1.165) is 12.1 Å². The second-order valence-electron chi connectivity index (χ2n) is 4.09. The molecule has 0 aliphatic heterocycles. The minimum Gasteiger partial charge on any atom is -0.477 e. The van der Waals surface area contributed by atoms with E-state index in [-0.39, 0.29) is 11.5 Å². The molecule has 4 heteroatoms. The summed E-state index contributed by atoms with van der Waals surface area (Å²) in [6.45, 7) is 6.50. The van der Waals surface area contributed by atoms with Gasteiger partial charge in [0.15, 0.2) is 0 Å². The Morgan fingerprint density at radius 3 is 2.50 bits per heavy atom. The molecule has 1 aromatic rings. The van der Waals surface area contributed by atoms with Gasteiger partial charge in [-0.05, 0) is 24.5 Å². The Bertz CT molecular complexity index is 446. The third-order valence-electron chi connectivity index (χ3n) is 2.48. The first kappa shape index (κ1) is 12.5. The second-order valence-corrected chi connectivity index (χ2v) is 4.09. The van der Waals surface area contributed by atoms with Gasteiger partial charge >= 0.3 is 5.97 Å². The van der Waals surface area contributed by atoms with Crippen molar-refractivity contribution in [1.82, 2.24) is 4.57 Å². The SMILES string of the molecule is CCCn1c(C(C)C)ccc(C(=O)O)c1=O. The van der Waals surface area contributed by atoms with Crippen molar-refractivity contribution in [3.05, 3.63) is 33.7 Å². The van der Waals surface area contributed by atoms with Crippen molar-refractivity contribution < 1.29 is 9.90 Å². The van der Waals surface area contributed by atoms with Crippen LogP contribution < -0.4 is 5.56 Å². The molecule has 1 aromatic heterocycles. The van der Waals surface area contributed by atoms with Crippen LogP contribution in [0.5, 0.6) is 0 Å². The molecule has 0 saturated carbocycles. The smallest absolute Gasteiger partial charge is 0.341 e. The van der Waals surface area contributed by atoms with E-state index in [1.807, 2.05) is 20.8 Å². The lowest BCUT2D eigenvalue weighted by atomic mass is 10.1. The number of carbonyl (C=O) groups is 1. The van der Waals surface area contributed by atoms with Crippen molar-refractivity contribution in [2.75, 3.05) is 0 Å². The minimum atomic E-state index is -1.16. The van der Waals surface area contributed by atoms with E-state index in [1.165, 1.54) is 6.07 Å². The standard InChI is InChI=1S/C12H17NO3/c1-4-7-13-10(8(2)3)6-5-9(11(13)14)12(15)16/h5-6,8H,4,7H2,1-3H3,(H,15,16). The quantitative estimate of drug-likeness (QED) is 0.850. The summed E-state index contributed by atoms with van der Waals surface area (Å²) in [4.78, 5) is 22.8. The summed E-state index contributed by atoms with van der Waals surface area (Å²) in [6, 6.07) is 3.12. The highest BCUT2D eigenvalue weighted by Gasteiger charge is 2.14. The number of aromatic carboxylic acids is 1. The molecule has 0 radical (unpaired) electrons. The van der Waals surface area contributed by atoms with E-state index >= 15 is 0 Å². The molecule has 1 rings (SSSR count). The number of pyridine rings is 1. The molecule has 0 aromatic carbocycles. The first-order valence-electron chi connectivity index (χ1n) is 5.46. The van der Waals surface area contributed by atoms with Crippen molar-refractivity contribution in [2.45, 2.75) is 39.7 Å². The highest BCUT2D eigenvalue weighted by Crippen LogP contribution is 2.13. The van der Waals surface area contributed by atoms with Crippen molar-refractivity contribution >= 4 is 5.97 Å². The van der Waals surface area contributed by atoms with Crippen LogP contribution in [0.1, 0.15) is 49.2 Å². The molecular formula is C12H17NO3. The Hall–Kier alpha value is -1.58. The van der Waals surface area contributed by atoms with Gasteiger partial charge in [-0.2, -0.15) is 0 Å². The van der Waals surface area contributed by atoms with Gasteiger partial charge in [0.1, 0.15) is 5.56 Å². The van der Waals surface area contributed by atoms with Crippen LogP contribution in [0.3, 0.4) is 0 Å². The molecule has 0 unspecified atom stereocenters. The molecule has 1 N–H and O–H groups in total. The summed E-state index contributed by atoms with van der Waals surface area (Å²) in [6.07, 6.45) is 0.808. The molecule has 0 aliphatic rings. The summed E-state index contributed by atoms with van der Waals surface area (Å²) < 4.78 is 1.56. The van der Waals surface area contributed by atoms with Crippen LogP contribution in [0.2, 0.25) is 0 Å². The van der Waals surface area contributed by atoms with Gasteiger partial charge in [-0.1, -0.05) is 20.8 Å². The van der Waals surface area contributed by atoms with Crippen LogP contribution in [0, 0.1) is 0 Å². The van der Waals surface area contributed by atoms with Gasteiger partial charge in [0, 0.05) is 12.2 Å². The minimum absolute atomic E-state index is 0.155. The Morgan fingerprint density at radius 1 is 1.44 bits per heavy atom. The predicted octanol–water partition coefficient (Wildman–Crippen LogP) is 2.08. The van der Waals surface area contributed by atoms with Crippen molar-refractivity contribution in [2.24, 2.45) is 0 Å². The molecule has 0 bridgehead atoms. The third-order valence-corrected chi connectivity index (χ3v) is 2.48. The number of rotatable bonds is 4. The number of hydrogen-bond acceptors (Lipinski definition) is 2. The molecule has 16 heavy (non-hydrogen) atoms. The fourth-order valence-electron chi connectivity index (χ4n) is 1.71. The number of carboxylic acid groups (broad SMARTS) is 1. The summed E-state index contributed by atoms with van der Waals surface area (Å²) in [7, 11) is 0. The van der Waals surface area contributed by atoms with Gasteiger partial charge in [-0.3, -0.25) is 4.79 Å². The first-order chi connectivity index (χ1) is 7.49. The zero-order valence-electron chi connectivity index (χ0n) is 9.86. The molecule has 0 aliphatic carbocycles. The van der Waals surface area contributed by atoms with Crippen molar-refractivity contribution in [3.8, 4) is 0 Å². The molecule has 0 fully saturated rings. The number of aromatic nitrogens is 1. The van der Waals surface area contributed by atoms with Crippen LogP contribution in [-0.4, -0.2) is 15.6 Å². The van der Waals surface area contributed by atoms with E-state index < -0.39 is 11.5 Å². The lowest BCUT2D eigenvalue weighted by Gasteiger charge is -2.15. The molecule has 0 atom stereocenters. The second kappa shape index (κ2) is 4.96. The van der Waals surface area contributed by atoms with Crippen LogP contribution >= 0.6 is 0 Å². The average molecular weight is 223 g/mol. The van der Waals surface area contributed by atoms with E-state index in [0.29, 0.717) is 6.54 Å². The Morgan fingerprint density at radius 2 is 2.06 bits per heavy atom. The summed E-state index contributed by atoms with van der Waals surface area (Å²) in [5, 5.41) is 8.87. The normalized spacial score (nSPS) is 10.8. The highest BCUT2D eigenvalue weighted by atomic mass is 16.4. The lowest BCUT2D eigenvalue weighted by molar-refractivity contribution is 0.0694. The number of carboxylic acids is 1. The van der Waals surface area contributed by atoms with Gasteiger partial charge in [-0.25, -0.2) is 4.79 Å². The number of nitrogens with zero attached hydrogens (tertiary/aromatic N) is 1.